The minimum Gasteiger partial charge on any atom is -0.325 e. The van der Waals surface area contributed by atoms with Crippen LogP contribution in [0.4, 0.5) is 17.1 Å². The van der Waals surface area contributed by atoms with Gasteiger partial charge in [0, 0.05) is 12.1 Å². The van der Waals surface area contributed by atoms with Crippen molar-refractivity contribution in [2.24, 2.45) is 0 Å². The maximum Gasteiger partial charge on any atom is 0.271 e. The molecule has 1 aliphatic rings. The molecule has 172 valence electrons. The van der Waals surface area contributed by atoms with Crippen molar-refractivity contribution in [3.8, 4) is 0 Å². The van der Waals surface area contributed by atoms with Crippen molar-refractivity contribution in [1.29, 1.82) is 0 Å². The molecule has 2 aromatic rings. The summed E-state index contributed by atoms with van der Waals surface area (Å²) in [7, 11) is 0. The van der Waals surface area contributed by atoms with Gasteiger partial charge in [-0.25, -0.2) is 0 Å². The number of carbonyl (C=O) groups excluding carboxylic acids is 2. The Labute approximate surface area is 186 Å². The molecule has 0 fully saturated rings. The molecule has 3 rings (SSSR count). The molecule has 0 saturated carbocycles. The predicted octanol–water partition coefficient (Wildman–Crippen LogP) is 2.31. The Balaban J connectivity index is 0.000000229. The van der Waals surface area contributed by atoms with Gasteiger partial charge >= 0.3 is 88.4 Å². The van der Waals surface area contributed by atoms with Gasteiger partial charge in [-0.2, -0.15) is 0 Å². The summed E-state index contributed by atoms with van der Waals surface area (Å²) in [6, 6.07) is 10.2. The molecular weight excluding hydrogens is 485 g/mol. The molecule has 1 aliphatic heterocycles. The van der Waals surface area contributed by atoms with Crippen molar-refractivity contribution < 1.29 is 31.5 Å². The van der Waals surface area contributed by atoms with Gasteiger partial charge in [0.25, 0.3) is 5.69 Å². The maximum absolute atomic E-state index is 12.0. The Kier molecular flexibility index (Phi) is 7.97. The second-order valence-electron chi connectivity index (χ2n) is 7.06. The first-order chi connectivity index (χ1) is 15.0. The summed E-state index contributed by atoms with van der Waals surface area (Å²) in [5, 5.41) is 24.1. The number of hydrogen-bond acceptors (Lipinski definition) is 7. The van der Waals surface area contributed by atoms with Crippen LogP contribution in [-0.4, -0.2) is 40.3 Å². The quantitative estimate of drug-likeness (QED) is 0.199. The number of nitrogens with one attached hydrogen (secondary N) is 2. The third kappa shape index (κ3) is 5.25. The number of nitrogens with zero attached hydrogens (tertiary/aromatic N) is 1. The fraction of sp³-hybridized carbons (Fsp3) is 0.300. The van der Waals surface area contributed by atoms with Gasteiger partial charge < -0.3 is 5.32 Å². The second kappa shape index (κ2) is 10.1. The SMILES string of the molecule is CC(=O)Nc1cccc([As](=O)(O)OO)c1.CCC1(CC)C(=O)Nc2cc([N+](=O)[O-])ccc21. The molecule has 0 spiro atoms. The number of fused-ring (bicyclic) bond motifs is 1. The van der Waals surface area contributed by atoms with Crippen molar-refractivity contribution in [1.82, 2.24) is 0 Å². The van der Waals surface area contributed by atoms with Gasteiger partial charge in [0.15, 0.2) is 0 Å². The van der Waals surface area contributed by atoms with E-state index in [4.69, 9.17) is 5.26 Å². The van der Waals surface area contributed by atoms with Crippen molar-refractivity contribution in [2.75, 3.05) is 10.6 Å². The second-order valence-corrected chi connectivity index (χ2v) is 10.7. The van der Waals surface area contributed by atoms with Gasteiger partial charge in [-0.05, 0) is 24.5 Å². The standard InChI is InChI=1S/C12H14N2O3.C8H10AsNO5/c1-3-12(4-2)9-6-5-8(14(16)17)7-10(9)13-11(12)15;1-6(11)10-8-4-2-3-7(5-8)9(12,13)15-14/h5-7H,3-4H2,1-2H3,(H,13,15);2-5,14H,1H3,(H,10,11)(H,12,13). The molecule has 11 nitrogen and oxygen atoms in total. The number of hydrogen-bond donors (Lipinski definition) is 4. The molecule has 0 radical (unpaired) electrons. The summed E-state index contributed by atoms with van der Waals surface area (Å²) < 4.78 is 23.9. The van der Waals surface area contributed by atoms with E-state index < -0.39 is 24.5 Å². The Bertz CT molecular complexity index is 1080. The number of rotatable bonds is 6. The minimum absolute atomic E-state index is 0.00653. The van der Waals surface area contributed by atoms with Gasteiger partial charge in [0.05, 0.1) is 16.0 Å². The first-order valence-electron chi connectivity index (χ1n) is 9.65. The minimum atomic E-state index is -4.83. The summed E-state index contributed by atoms with van der Waals surface area (Å²) in [6.45, 7) is 5.23. The molecule has 2 amide bonds. The molecule has 1 atom stereocenters. The molecule has 0 aromatic heterocycles. The number of nitro groups is 1. The summed E-state index contributed by atoms with van der Waals surface area (Å²) in [5.74, 6) is -0.352. The molecule has 2 aromatic carbocycles. The van der Waals surface area contributed by atoms with Gasteiger partial charge in [0.2, 0.25) is 5.91 Å². The summed E-state index contributed by atoms with van der Waals surface area (Å²) in [5.41, 5.74) is 1.30. The fourth-order valence-corrected chi connectivity index (χ4v) is 4.90. The smallest absolute Gasteiger partial charge is 0.271 e. The number of amides is 2. The normalized spacial score (nSPS) is 15.5. The molecule has 1 unspecified atom stereocenters. The third-order valence-corrected chi connectivity index (χ3v) is 7.64. The zero-order chi connectivity index (χ0) is 24.1. The van der Waals surface area contributed by atoms with Crippen molar-refractivity contribution in [2.45, 2.75) is 39.0 Å². The van der Waals surface area contributed by atoms with Gasteiger partial charge in [-0.15, -0.1) is 0 Å². The van der Waals surface area contributed by atoms with Crippen LogP contribution in [0.3, 0.4) is 0 Å². The first-order valence-corrected chi connectivity index (χ1v) is 13.0. The average Bonchev–Trinajstić information content (AvgIpc) is 3.04. The topological polar surface area (TPSA) is 168 Å². The van der Waals surface area contributed by atoms with E-state index in [1.54, 1.807) is 12.1 Å². The van der Waals surface area contributed by atoms with Crippen LogP contribution in [0.1, 0.15) is 39.2 Å². The van der Waals surface area contributed by atoms with Crippen LogP contribution < -0.4 is 15.0 Å². The van der Waals surface area contributed by atoms with Crippen LogP contribution in [0.2, 0.25) is 0 Å². The zero-order valence-corrected chi connectivity index (χ0v) is 19.6. The molecule has 0 aliphatic carbocycles. The van der Waals surface area contributed by atoms with E-state index in [2.05, 4.69) is 14.5 Å². The van der Waals surface area contributed by atoms with E-state index in [1.807, 2.05) is 13.8 Å². The zero-order valence-electron chi connectivity index (χ0n) is 17.7. The van der Waals surface area contributed by atoms with E-state index in [0.717, 1.165) is 5.56 Å². The Morgan fingerprint density at radius 2 is 1.91 bits per heavy atom. The largest absolute Gasteiger partial charge is 0.325 e. The van der Waals surface area contributed by atoms with Gasteiger partial charge in [-0.1, -0.05) is 13.8 Å². The van der Waals surface area contributed by atoms with E-state index >= 15 is 0 Å². The third-order valence-electron chi connectivity index (χ3n) is 5.22. The number of carbonyl (C=O) groups is 2. The number of non-ortho nitro benzene ring substituents is 1. The van der Waals surface area contributed by atoms with Crippen molar-refractivity contribution >= 4 is 47.4 Å². The average molecular weight is 509 g/mol. The van der Waals surface area contributed by atoms with Crippen LogP contribution in [0, 0.1) is 10.1 Å². The Hall–Kier alpha value is -2.98. The number of benzene rings is 2. The van der Waals surface area contributed by atoms with E-state index in [1.165, 1.54) is 37.3 Å². The first kappa shape index (κ1) is 25.3. The van der Waals surface area contributed by atoms with E-state index in [9.17, 15) is 27.5 Å². The predicted molar refractivity (Wildman–Crippen MR) is 117 cm³/mol. The Morgan fingerprint density at radius 3 is 2.44 bits per heavy atom. The van der Waals surface area contributed by atoms with Crippen molar-refractivity contribution in [3.63, 3.8) is 0 Å². The molecule has 1 heterocycles. The van der Waals surface area contributed by atoms with Crippen LogP contribution in [0.5, 0.6) is 0 Å². The molecule has 4 N–H and O–H groups in total. The van der Waals surface area contributed by atoms with Crippen LogP contribution in [0.15, 0.2) is 42.5 Å². The fourth-order valence-electron chi connectivity index (χ4n) is 3.49. The van der Waals surface area contributed by atoms with Crippen LogP contribution in [0.25, 0.3) is 0 Å². The van der Waals surface area contributed by atoms with Gasteiger partial charge in [0.1, 0.15) is 0 Å². The number of anilines is 2. The molecule has 12 heteroatoms. The van der Waals surface area contributed by atoms with Crippen molar-refractivity contribution in [3.05, 3.63) is 58.1 Å². The van der Waals surface area contributed by atoms with Crippen LogP contribution in [-0.2, 0) is 22.6 Å². The summed E-state index contributed by atoms with van der Waals surface area (Å²) >= 11 is -4.83. The molecule has 32 heavy (non-hydrogen) atoms. The van der Waals surface area contributed by atoms with Gasteiger partial charge in [-0.3, -0.25) is 14.9 Å². The molecule has 0 bridgehead atoms. The summed E-state index contributed by atoms with van der Waals surface area (Å²) in [6.07, 6.45) is 1.39. The van der Waals surface area contributed by atoms with Crippen LogP contribution >= 0.6 is 0 Å². The Morgan fingerprint density at radius 1 is 1.25 bits per heavy atom. The molecule has 0 saturated heterocycles. The number of nitro benzene ring substituents is 1. The van der Waals surface area contributed by atoms with E-state index in [-0.39, 0.29) is 21.9 Å². The molecular formula is C20H24AsN3O8. The monoisotopic (exact) mass is 509 g/mol. The van der Waals surface area contributed by atoms with E-state index in [0.29, 0.717) is 24.2 Å². The summed E-state index contributed by atoms with van der Waals surface area (Å²) in [4.78, 5) is 33.0. The maximum atomic E-state index is 12.0.